The summed E-state index contributed by atoms with van der Waals surface area (Å²) in [7, 11) is 0. The van der Waals surface area contributed by atoms with E-state index in [1.54, 1.807) is 0 Å². The van der Waals surface area contributed by atoms with Crippen LogP contribution in [-0.2, 0) is 28.6 Å². The molecule has 0 aromatic carbocycles. The minimum Gasteiger partial charge on any atom is -0.462 e. The van der Waals surface area contributed by atoms with Gasteiger partial charge in [0.2, 0.25) is 0 Å². The first-order chi connectivity index (χ1) is 32.0. The van der Waals surface area contributed by atoms with Crippen LogP contribution in [0, 0.1) is 0 Å². The van der Waals surface area contributed by atoms with Gasteiger partial charge >= 0.3 is 17.9 Å². The van der Waals surface area contributed by atoms with E-state index < -0.39 is 6.10 Å². The maximum Gasteiger partial charge on any atom is 0.306 e. The first-order valence-electron chi connectivity index (χ1n) is 27.1. The van der Waals surface area contributed by atoms with Gasteiger partial charge in [-0.05, 0) is 83.5 Å². The molecule has 372 valence electrons. The van der Waals surface area contributed by atoms with Crippen molar-refractivity contribution < 1.29 is 28.6 Å². The van der Waals surface area contributed by atoms with E-state index in [-0.39, 0.29) is 31.1 Å². The Morgan fingerprint density at radius 2 is 0.662 bits per heavy atom. The Labute approximate surface area is 401 Å². The van der Waals surface area contributed by atoms with Gasteiger partial charge in [-0.25, -0.2) is 0 Å². The monoisotopic (exact) mass is 905 g/mol. The van der Waals surface area contributed by atoms with Crippen LogP contribution in [0.5, 0.6) is 0 Å². The van der Waals surface area contributed by atoms with E-state index in [4.69, 9.17) is 14.2 Å². The zero-order chi connectivity index (χ0) is 47.2. The number of carbonyl (C=O) groups excluding carboxylic acids is 3. The minimum absolute atomic E-state index is 0.0886. The molecule has 0 saturated heterocycles. The average Bonchev–Trinajstić information content (AvgIpc) is 3.30. The fourth-order valence-corrected chi connectivity index (χ4v) is 7.38. The normalized spacial score (nSPS) is 12.7. The van der Waals surface area contributed by atoms with Crippen LogP contribution in [0.3, 0.4) is 0 Å². The highest BCUT2D eigenvalue weighted by atomic mass is 16.6. The Morgan fingerprint density at radius 3 is 1.06 bits per heavy atom. The number of ether oxygens (including phenoxy) is 3. The fraction of sp³-hybridized carbons (Fsp3) is 0.712. The lowest BCUT2D eigenvalue weighted by molar-refractivity contribution is -0.167. The van der Waals surface area contributed by atoms with Crippen molar-refractivity contribution >= 4 is 17.9 Å². The molecule has 0 spiro atoms. The molecule has 0 saturated carbocycles. The molecule has 0 radical (unpaired) electrons. The van der Waals surface area contributed by atoms with Crippen molar-refractivity contribution in [2.75, 3.05) is 13.2 Å². The summed E-state index contributed by atoms with van der Waals surface area (Å²) in [4.78, 5) is 38.0. The highest BCUT2D eigenvalue weighted by Gasteiger charge is 2.19. The lowest BCUT2D eigenvalue weighted by atomic mass is 10.1. The third-order valence-electron chi connectivity index (χ3n) is 11.4. The van der Waals surface area contributed by atoms with Crippen LogP contribution >= 0.6 is 0 Å². The first-order valence-corrected chi connectivity index (χ1v) is 27.1. The summed E-state index contributed by atoms with van der Waals surface area (Å²) in [5.41, 5.74) is 0. The molecule has 0 aliphatic rings. The van der Waals surface area contributed by atoms with E-state index >= 15 is 0 Å². The Morgan fingerprint density at radius 1 is 0.338 bits per heavy atom. The molecule has 0 amide bonds. The molecule has 0 rings (SSSR count). The van der Waals surface area contributed by atoms with Crippen LogP contribution in [0.4, 0.5) is 0 Å². The molecule has 0 N–H and O–H groups in total. The summed E-state index contributed by atoms with van der Waals surface area (Å²) >= 11 is 0. The number of hydrogen-bond acceptors (Lipinski definition) is 6. The standard InChI is InChI=1S/C59H100O6/c1-4-7-10-13-16-19-22-24-26-28-30-32-33-35-37-40-43-46-49-52-58(61)64-55-56(54-63-57(60)51-48-45-42-39-21-18-15-12-9-6-3)65-59(62)53-50-47-44-41-38-36-34-31-29-27-25-23-20-17-14-11-8-5-2/h7,10,16,19,23-27,29-32,34,56H,4-6,8-9,11-15,17-18,20-22,28,33,35-55H2,1-3H3/b10-7-,19-16-,25-23-,26-24-,29-27-,32-30-,34-31-. The average molecular weight is 905 g/mol. The second-order valence-electron chi connectivity index (χ2n) is 17.8. The van der Waals surface area contributed by atoms with E-state index in [0.29, 0.717) is 19.3 Å². The zero-order valence-electron chi connectivity index (χ0n) is 42.5. The Hall–Kier alpha value is -3.41. The quantitative estimate of drug-likeness (QED) is 0.0199. The van der Waals surface area contributed by atoms with Gasteiger partial charge in [0.25, 0.3) is 0 Å². The third kappa shape index (κ3) is 51.4. The summed E-state index contributed by atoms with van der Waals surface area (Å²) < 4.78 is 16.8. The molecule has 1 atom stereocenters. The molecule has 65 heavy (non-hydrogen) atoms. The number of unbranched alkanes of at least 4 members (excludes halogenated alkanes) is 25. The smallest absolute Gasteiger partial charge is 0.306 e. The zero-order valence-corrected chi connectivity index (χ0v) is 42.5. The van der Waals surface area contributed by atoms with Crippen molar-refractivity contribution in [3.63, 3.8) is 0 Å². The van der Waals surface area contributed by atoms with Crippen LogP contribution in [0.25, 0.3) is 0 Å². The van der Waals surface area contributed by atoms with E-state index in [1.165, 1.54) is 89.9 Å². The summed E-state index contributed by atoms with van der Waals surface area (Å²) in [6.45, 7) is 6.47. The Kier molecular flexibility index (Phi) is 50.4. The summed E-state index contributed by atoms with van der Waals surface area (Å²) in [5.74, 6) is -0.922. The number of carbonyl (C=O) groups is 3. The van der Waals surface area contributed by atoms with Crippen molar-refractivity contribution in [1.29, 1.82) is 0 Å². The maximum atomic E-state index is 12.8. The van der Waals surface area contributed by atoms with Crippen LogP contribution in [0.15, 0.2) is 85.1 Å². The highest BCUT2D eigenvalue weighted by Crippen LogP contribution is 2.14. The molecule has 6 nitrogen and oxygen atoms in total. The molecule has 6 heteroatoms. The third-order valence-corrected chi connectivity index (χ3v) is 11.4. The van der Waals surface area contributed by atoms with Gasteiger partial charge in [0.1, 0.15) is 13.2 Å². The van der Waals surface area contributed by atoms with Crippen LogP contribution in [0.2, 0.25) is 0 Å². The molecule has 1 unspecified atom stereocenters. The predicted octanol–water partition coefficient (Wildman–Crippen LogP) is 18.0. The molecular formula is C59H100O6. The van der Waals surface area contributed by atoms with Gasteiger partial charge in [0.15, 0.2) is 6.10 Å². The molecule has 0 aromatic heterocycles. The summed E-state index contributed by atoms with van der Waals surface area (Å²) in [6, 6.07) is 0. The first kappa shape index (κ1) is 61.6. The van der Waals surface area contributed by atoms with Crippen molar-refractivity contribution in [3.8, 4) is 0 Å². The molecule has 0 fully saturated rings. The SMILES string of the molecule is CC/C=C\C/C=C\C/C=C\C/C=C\CCCCCCCCC(=O)OCC(COC(=O)CCCCCCCCCCCC)OC(=O)CCCCCCC\C=C/C=C\C=C/CCCCCCC. The number of esters is 3. The van der Waals surface area contributed by atoms with E-state index in [0.717, 1.165) is 122 Å². The second kappa shape index (κ2) is 53.2. The Balaban J connectivity index is 4.41. The van der Waals surface area contributed by atoms with Gasteiger partial charge in [-0.2, -0.15) is 0 Å². The summed E-state index contributed by atoms with van der Waals surface area (Å²) in [5, 5.41) is 0. The Bertz CT molecular complexity index is 1270. The number of hydrogen-bond donors (Lipinski definition) is 0. The van der Waals surface area contributed by atoms with E-state index in [1.807, 2.05) is 0 Å². The van der Waals surface area contributed by atoms with Gasteiger partial charge in [0.05, 0.1) is 0 Å². The van der Waals surface area contributed by atoms with Crippen LogP contribution in [0.1, 0.15) is 252 Å². The van der Waals surface area contributed by atoms with Crippen molar-refractivity contribution in [2.45, 2.75) is 258 Å². The molecular weight excluding hydrogens is 805 g/mol. The fourth-order valence-electron chi connectivity index (χ4n) is 7.38. The van der Waals surface area contributed by atoms with Gasteiger partial charge in [0, 0.05) is 19.3 Å². The van der Waals surface area contributed by atoms with Crippen molar-refractivity contribution in [1.82, 2.24) is 0 Å². The lowest BCUT2D eigenvalue weighted by Gasteiger charge is -2.18. The molecule has 0 aromatic rings. The van der Waals surface area contributed by atoms with Crippen LogP contribution < -0.4 is 0 Å². The second-order valence-corrected chi connectivity index (χ2v) is 17.8. The number of rotatable bonds is 48. The largest absolute Gasteiger partial charge is 0.462 e. The molecule has 0 bridgehead atoms. The number of allylic oxidation sites excluding steroid dienone is 14. The maximum absolute atomic E-state index is 12.8. The lowest BCUT2D eigenvalue weighted by Crippen LogP contribution is -2.30. The predicted molar refractivity (Wildman–Crippen MR) is 279 cm³/mol. The topological polar surface area (TPSA) is 78.9 Å². The molecule has 0 aliphatic heterocycles. The molecule has 0 aliphatic carbocycles. The van der Waals surface area contributed by atoms with Crippen LogP contribution in [-0.4, -0.2) is 37.2 Å². The summed E-state index contributed by atoms with van der Waals surface area (Å²) in [6.07, 6.45) is 68.5. The van der Waals surface area contributed by atoms with E-state index in [2.05, 4.69) is 106 Å². The van der Waals surface area contributed by atoms with Gasteiger partial charge < -0.3 is 14.2 Å². The minimum atomic E-state index is -0.791. The highest BCUT2D eigenvalue weighted by molar-refractivity contribution is 5.71. The van der Waals surface area contributed by atoms with Crippen molar-refractivity contribution in [3.05, 3.63) is 85.1 Å². The van der Waals surface area contributed by atoms with Gasteiger partial charge in [-0.15, -0.1) is 0 Å². The van der Waals surface area contributed by atoms with Crippen molar-refractivity contribution in [2.24, 2.45) is 0 Å². The van der Waals surface area contributed by atoms with E-state index in [9.17, 15) is 14.4 Å². The molecule has 0 heterocycles. The van der Waals surface area contributed by atoms with Gasteiger partial charge in [-0.1, -0.05) is 234 Å². The van der Waals surface area contributed by atoms with Gasteiger partial charge in [-0.3, -0.25) is 14.4 Å².